The van der Waals surface area contributed by atoms with Crippen LogP contribution < -0.4 is 10.1 Å². The van der Waals surface area contributed by atoms with Gasteiger partial charge in [-0.05, 0) is 48.7 Å². The molecule has 0 heterocycles. The van der Waals surface area contributed by atoms with Crippen molar-refractivity contribution in [3.8, 4) is 5.75 Å². The van der Waals surface area contributed by atoms with Gasteiger partial charge in [-0.2, -0.15) is 8.78 Å². The summed E-state index contributed by atoms with van der Waals surface area (Å²) in [5, 5.41) is 2.82. The van der Waals surface area contributed by atoms with E-state index >= 15 is 0 Å². The van der Waals surface area contributed by atoms with Gasteiger partial charge in [-0.3, -0.25) is 9.59 Å². The van der Waals surface area contributed by atoms with Crippen LogP contribution in [0.15, 0.2) is 54.6 Å². The van der Waals surface area contributed by atoms with Crippen molar-refractivity contribution in [3.63, 3.8) is 0 Å². The first-order valence-electron chi connectivity index (χ1n) is 9.26. The summed E-state index contributed by atoms with van der Waals surface area (Å²) in [6.45, 7) is 1.31. The first kappa shape index (κ1) is 22.1. The van der Waals surface area contributed by atoms with Gasteiger partial charge in [0.15, 0.2) is 0 Å². The van der Waals surface area contributed by atoms with Gasteiger partial charge >= 0.3 is 6.61 Å². The maximum absolute atomic E-state index is 12.5. The van der Waals surface area contributed by atoms with Crippen molar-refractivity contribution in [3.05, 3.63) is 65.7 Å². The van der Waals surface area contributed by atoms with Crippen LogP contribution in [-0.2, 0) is 9.59 Å². The zero-order chi connectivity index (χ0) is 21.2. The number of hydrogen-bond donors (Lipinski definition) is 1. The summed E-state index contributed by atoms with van der Waals surface area (Å²) in [4.78, 5) is 26.3. The van der Waals surface area contributed by atoms with Gasteiger partial charge in [-0.25, -0.2) is 0 Å². The lowest BCUT2D eigenvalue weighted by Crippen LogP contribution is -2.37. The standard InChI is InChI=1S/C22H24F2N2O3/c1-3-14-26(15-20(27)25-19-7-5-4-6-16(19)2)21(28)13-10-17-8-11-18(12-9-17)29-22(23)24/h4-13,22H,3,14-15H2,1-2H3,(H,25,27)/b13-10+. The number of halogens is 2. The largest absolute Gasteiger partial charge is 0.435 e. The molecule has 0 aliphatic rings. The number of hydrogen-bond acceptors (Lipinski definition) is 3. The predicted octanol–water partition coefficient (Wildman–Crippen LogP) is 4.49. The molecule has 1 N–H and O–H groups in total. The molecule has 2 rings (SSSR count). The highest BCUT2D eigenvalue weighted by atomic mass is 19.3. The number of carbonyl (C=O) groups is 2. The summed E-state index contributed by atoms with van der Waals surface area (Å²) in [6, 6.07) is 13.3. The van der Waals surface area contributed by atoms with Crippen molar-refractivity contribution in [2.24, 2.45) is 0 Å². The van der Waals surface area contributed by atoms with Crippen molar-refractivity contribution in [2.75, 3.05) is 18.4 Å². The normalized spacial score (nSPS) is 10.9. The number of aryl methyl sites for hydroxylation is 1. The molecule has 0 atom stereocenters. The Kier molecular flexibility index (Phi) is 8.33. The van der Waals surface area contributed by atoms with Crippen LogP contribution in [0.2, 0.25) is 0 Å². The summed E-state index contributed by atoms with van der Waals surface area (Å²) in [6.07, 6.45) is 3.63. The van der Waals surface area contributed by atoms with Gasteiger partial charge < -0.3 is 15.0 Å². The SMILES string of the molecule is CCCN(CC(=O)Nc1ccccc1C)C(=O)/C=C/c1ccc(OC(F)F)cc1. The first-order valence-corrected chi connectivity index (χ1v) is 9.26. The number of ether oxygens (including phenoxy) is 1. The van der Waals surface area contributed by atoms with Crippen LogP contribution in [0.1, 0.15) is 24.5 Å². The molecule has 5 nitrogen and oxygen atoms in total. The Labute approximate surface area is 169 Å². The number of para-hydroxylation sites is 1. The van der Waals surface area contributed by atoms with E-state index in [1.165, 1.54) is 23.1 Å². The average molecular weight is 402 g/mol. The van der Waals surface area contributed by atoms with Crippen molar-refractivity contribution in [2.45, 2.75) is 26.9 Å². The molecule has 7 heteroatoms. The Morgan fingerprint density at radius 3 is 2.45 bits per heavy atom. The van der Waals surface area contributed by atoms with Crippen LogP contribution in [0.25, 0.3) is 6.08 Å². The number of carbonyl (C=O) groups excluding carboxylic acids is 2. The van der Waals surface area contributed by atoms with E-state index in [4.69, 9.17) is 0 Å². The van der Waals surface area contributed by atoms with Gasteiger partial charge in [0.1, 0.15) is 12.3 Å². The smallest absolute Gasteiger partial charge is 0.387 e. The molecule has 0 unspecified atom stereocenters. The fourth-order valence-corrected chi connectivity index (χ4v) is 2.65. The van der Waals surface area contributed by atoms with Gasteiger partial charge in [-0.15, -0.1) is 0 Å². The Morgan fingerprint density at radius 1 is 1.14 bits per heavy atom. The highest BCUT2D eigenvalue weighted by Gasteiger charge is 2.15. The molecule has 0 saturated carbocycles. The molecule has 0 radical (unpaired) electrons. The first-order chi connectivity index (χ1) is 13.9. The second kappa shape index (κ2) is 10.9. The summed E-state index contributed by atoms with van der Waals surface area (Å²) < 4.78 is 28.7. The van der Waals surface area contributed by atoms with Crippen molar-refractivity contribution in [1.82, 2.24) is 4.90 Å². The molecule has 0 bridgehead atoms. The maximum atomic E-state index is 12.5. The summed E-state index contributed by atoms with van der Waals surface area (Å²) in [5.74, 6) is -0.536. The van der Waals surface area contributed by atoms with Crippen LogP contribution in [0, 0.1) is 6.92 Å². The second-order valence-corrected chi connectivity index (χ2v) is 6.40. The van der Waals surface area contributed by atoms with Crippen molar-refractivity contribution < 1.29 is 23.1 Å². The minimum absolute atomic E-state index is 0.0453. The number of nitrogens with one attached hydrogen (secondary N) is 1. The number of amides is 2. The van der Waals surface area contributed by atoms with Crippen molar-refractivity contribution in [1.29, 1.82) is 0 Å². The number of nitrogens with zero attached hydrogens (tertiary/aromatic N) is 1. The molecule has 2 amide bonds. The second-order valence-electron chi connectivity index (χ2n) is 6.40. The average Bonchev–Trinajstić information content (AvgIpc) is 2.68. The molecule has 0 spiro atoms. The third-order valence-corrected chi connectivity index (χ3v) is 4.08. The van der Waals surface area contributed by atoms with E-state index in [-0.39, 0.29) is 24.1 Å². The van der Waals surface area contributed by atoms with E-state index in [2.05, 4.69) is 10.1 Å². The zero-order valence-electron chi connectivity index (χ0n) is 16.4. The van der Waals surface area contributed by atoms with E-state index in [0.717, 1.165) is 5.56 Å². The molecule has 0 aromatic heterocycles. The van der Waals surface area contributed by atoms with E-state index in [0.29, 0.717) is 24.2 Å². The van der Waals surface area contributed by atoms with Gasteiger partial charge in [0, 0.05) is 18.3 Å². The highest BCUT2D eigenvalue weighted by molar-refractivity contribution is 5.98. The fraction of sp³-hybridized carbons (Fsp3) is 0.273. The molecule has 0 aliphatic heterocycles. The molecule has 0 fully saturated rings. The molecule has 0 aliphatic carbocycles. The Hall–Kier alpha value is -3.22. The van der Waals surface area contributed by atoms with Crippen LogP contribution >= 0.6 is 0 Å². The van der Waals surface area contributed by atoms with Gasteiger partial charge in [-0.1, -0.05) is 37.3 Å². The monoisotopic (exact) mass is 402 g/mol. The lowest BCUT2D eigenvalue weighted by atomic mass is 10.2. The topological polar surface area (TPSA) is 58.6 Å². The highest BCUT2D eigenvalue weighted by Crippen LogP contribution is 2.16. The lowest BCUT2D eigenvalue weighted by molar-refractivity contribution is -0.130. The fourth-order valence-electron chi connectivity index (χ4n) is 2.65. The van der Waals surface area contributed by atoms with E-state index in [9.17, 15) is 18.4 Å². The quantitative estimate of drug-likeness (QED) is 0.629. The minimum atomic E-state index is -2.88. The third kappa shape index (κ3) is 7.37. The van der Waals surface area contributed by atoms with Crippen LogP contribution in [-0.4, -0.2) is 36.4 Å². The molecule has 2 aromatic carbocycles. The Bertz CT molecular complexity index is 851. The Morgan fingerprint density at radius 2 is 1.83 bits per heavy atom. The van der Waals surface area contributed by atoms with Gasteiger partial charge in [0.05, 0.1) is 0 Å². The summed E-state index contributed by atoms with van der Waals surface area (Å²) in [7, 11) is 0. The van der Waals surface area contributed by atoms with Crippen LogP contribution in [0.4, 0.5) is 14.5 Å². The molecular weight excluding hydrogens is 378 g/mol. The predicted molar refractivity (Wildman–Crippen MR) is 109 cm³/mol. The van der Waals surface area contributed by atoms with Gasteiger partial charge in [0.2, 0.25) is 11.8 Å². The third-order valence-electron chi connectivity index (χ3n) is 4.08. The lowest BCUT2D eigenvalue weighted by Gasteiger charge is -2.20. The van der Waals surface area contributed by atoms with Gasteiger partial charge in [0.25, 0.3) is 0 Å². The number of anilines is 1. The zero-order valence-corrected chi connectivity index (χ0v) is 16.4. The van der Waals surface area contributed by atoms with E-state index in [1.54, 1.807) is 24.3 Å². The summed E-state index contributed by atoms with van der Waals surface area (Å²) in [5.41, 5.74) is 2.30. The van der Waals surface area contributed by atoms with Crippen LogP contribution in [0.5, 0.6) is 5.75 Å². The molecule has 154 valence electrons. The molecule has 29 heavy (non-hydrogen) atoms. The van der Waals surface area contributed by atoms with Crippen molar-refractivity contribution >= 4 is 23.6 Å². The number of rotatable bonds is 9. The molecule has 2 aromatic rings. The number of benzene rings is 2. The maximum Gasteiger partial charge on any atom is 0.387 e. The molecular formula is C22H24F2N2O3. The Balaban J connectivity index is 1.98. The molecule has 0 saturated heterocycles. The van der Waals surface area contributed by atoms with E-state index < -0.39 is 6.61 Å². The van der Waals surface area contributed by atoms with E-state index in [1.807, 2.05) is 32.0 Å². The minimum Gasteiger partial charge on any atom is -0.435 e. The summed E-state index contributed by atoms with van der Waals surface area (Å²) >= 11 is 0. The van der Waals surface area contributed by atoms with Crippen LogP contribution in [0.3, 0.4) is 0 Å². The number of alkyl halides is 2.